The molecule has 1 aliphatic rings. The number of ether oxygens (including phenoxy) is 1. The molecule has 0 radical (unpaired) electrons. The number of fused-ring (bicyclic) bond motifs is 1. The van der Waals surface area contributed by atoms with Gasteiger partial charge in [0.2, 0.25) is 0 Å². The molecule has 0 bridgehead atoms. The summed E-state index contributed by atoms with van der Waals surface area (Å²) in [7, 11) is 0. The quantitative estimate of drug-likeness (QED) is 0.775. The molecule has 8 nitrogen and oxygen atoms in total. The lowest BCUT2D eigenvalue weighted by Gasteiger charge is -2.24. The van der Waals surface area contributed by atoms with Crippen LogP contribution >= 0.6 is 0 Å². The number of furan rings is 1. The molecule has 1 N–H and O–H groups in total. The van der Waals surface area contributed by atoms with Crippen molar-refractivity contribution in [1.29, 1.82) is 0 Å². The second-order valence-electron chi connectivity index (χ2n) is 5.84. The molecular weight excluding hydrogens is 322 g/mol. The van der Waals surface area contributed by atoms with E-state index >= 15 is 0 Å². The molecule has 0 fully saturated rings. The highest BCUT2D eigenvalue weighted by molar-refractivity contribution is 5.95. The number of amides is 1. The van der Waals surface area contributed by atoms with Gasteiger partial charge in [-0.25, -0.2) is 4.68 Å². The lowest BCUT2D eigenvalue weighted by molar-refractivity contribution is 0.00176. The zero-order valence-corrected chi connectivity index (χ0v) is 13.7. The third-order valence-corrected chi connectivity index (χ3v) is 4.20. The number of hydrogen-bond donors (Lipinski definition) is 1. The Bertz CT molecular complexity index is 887. The van der Waals surface area contributed by atoms with Crippen LogP contribution in [0.15, 0.2) is 41.3 Å². The third-order valence-electron chi connectivity index (χ3n) is 4.20. The number of rotatable bonds is 4. The summed E-state index contributed by atoms with van der Waals surface area (Å²) in [6.07, 6.45) is 4.82. The fourth-order valence-corrected chi connectivity index (χ4v) is 2.84. The standard InChI is InChI=1S/C17H17N5O3/c1-11-14(4-6-24-11)17(23)19-8-13-9-22-15(10-25-13)16(20-21-22)12-3-2-5-18-7-12/h2-7,13H,8-10H2,1H3,(H,19,23). The van der Waals surface area contributed by atoms with Crippen LogP contribution in [0.3, 0.4) is 0 Å². The topological polar surface area (TPSA) is 95.1 Å². The molecule has 0 aliphatic carbocycles. The zero-order valence-electron chi connectivity index (χ0n) is 13.7. The number of carbonyl (C=O) groups is 1. The van der Waals surface area contributed by atoms with E-state index in [-0.39, 0.29) is 12.0 Å². The van der Waals surface area contributed by atoms with Gasteiger partial charge >= 0.3 is 0 Å². The van der Waals surface area contributed by atoms with E-state index in [4.69, 9.17) is 9.15 Å². The van der Waals surface area contributed by atoms with E-state index in [1.54, 1.807) is 25.4 Å². The van der Waals surface area contributed by atoms with Crippen LogP contribution in [0.25, 0.3) is 11.3 Å². The van der Waals surface area contributed by atoms with Gasteiger partial charge in [0, 0.05) is 24.5 Å². The van der Waals surface area contributed by atoms with Crippen LogP contribution < -0.4 is 5.32 Å². The van der Waals surface area contributed by atoms with E-state index in [9.17, 15) is 4.79 Å². The molecule has 4 heterocycles. The van der Waals surface area contributed by atoms with Crippen LogP contribution in [0.1, 0.15) is 21.8 Å². The van der Waals surface area contributed by atoms with Crippen molar-refractivity contribution in [2.75, 3.05) is 6.54 Å². The van der Waals surface area contributed by atoms with Gasteiger partial charge in [0.05, 0.1) is 36.8 Å². The molecule has 4 rings (SSSR count). The second-order valence-corrected chi connectivity index (χ2v) is 5.84. The SMILES string of the molecule is Cc1occc1C(=O)NCC1Cn2nnc(-c3cccnc3)c2CO1. The highest BCUT2D eigenvalue weighted by Gasteiger charge is 2.25. The zero-order chi connectivity index (χ0) is 17.2. The van der Waals surface area contributed by atoms with Crippen molar-refractivity contribution < 1.29 is 13.9 Å². The van der Waals surface area contributed by atoms with Crippen LogP contribution in [0.5, 0.6) is 0 Å². The molecule has 3 aromatic rings. The summed E-state index contributed by atoms with van der Waals surface area (Å²) >= 11 is 0. The summed E-state index contributed by atoms with van der Waals surface area (Å²) < 4.78 is 12.8. The van der Waals surface area contributed by atoms with Crippen molar-refractivity contribution in [3.8, 4) is 11.3 Å². The highest BCUT2D eigenvalue weighted by atomic mass is 16.5. The first-order valence-electron chi connectivity index (χ1n) is 7.99. The maximum Gasteiger partial charge on any atom is 0.254 e. The molecular formula is C17H17N5O3. The van der Waals surface area contributed by atoms with E-state index in [2.05, 4.69) is 20.6 Å². The van der Waals surface area contributed by atoms with Crippen molar-refractivity contribution in [2.24, 2.45) is 0 Å². The third kappa shape index (κ3) is 3.03. The molecule has 0 saturated carbocycles. The largest absolute Gasteiger partial charge is 0.469 e. The minimum absolute atomic E-state index is 0.160. The van der Waals surface area contributed by atoms with E-state index in [1.165, 1.54) is 6.26 Å². The molecule has 0 aromatic carbocycles. The van der Waals surface area contributed by atoms with Crippen LogP contribution in [0.2, 0.25) is 0 Å². The Morgan fingerprint density at radius 2 is 2.36 bits per heavy atom. The number of aryl methyl sites for hydroxylation is 1. The van der Waals surface area contributed by atoms with Gasteiger partial charge in [-0.05, 0) is 25.1 Å². The summed E-state index contributed by atoms with van der Waals surface area (Å²) in [4.78, 5) is 16.2. The second kappa shape index (κ2) is 6.48. The van der Waals surface area contributed by atoms with Crippen molar-refractivity contribution in [2.45, 2.75) is 26.2 Å². The van der Waals surface area contributed by atoms with Gasteiger partial charge in [-0.15, -0.1) is 5.10 Å². The van der Waals surface area contributed by atoms with Crippen molar-refractivity contribution >= 4 is 5.91 Å². The fraction of sp³-hybridized carbons (Fsp3) is 0.294. The number of carbonyl (C=O) groups excluding carboxylic acids is 1. The minimum Gasteiger partial charge on any atom is -0.469 e. The van der Waals surface area contributed by atoms with Gasteiger partial charge in [-0.1, -0.05) is 5.21 Å². The van der Waals surface area contributed by atoms with Crippen LogP contribution in [0.4, 0.5) is 0 Å². The van der Waals surface area contributed by atoms with Gasteiger partial charge in [0.1, 0.15) is 11.5 Å². The average molecular weight is 339 g/mol. The lowest BCUT2D eigenvalue weighted by atomic mass is 10.1. The molecule has 3 aromatic heterocycles. The first-order valence-corrected chi connectivity index (χ1v) is 7.99. The summed E-state index contributed by atoms with van der Waals surface area (Å²) in [5.74, 6) is 0.428. The van der Waals surface area contributed by atoms with Gasteiger partial charge in [-0.3, -0.25) is 9.78 Å². The van der Waals surface area contributed by atoms with E-state index in [0.717, 1.165) is 17.0 Å². The summed E-state index contributed by atoms with van der Waals surface area (Å²) in [5, 5.41) is 11.3. The number of pyridine rings is 1. The fourth-order valence-electron chi connectivity index (χ4n) is 2.84. The van der Waals surface area contributed by atoms with Crippen LogP contribution in [-0.2, 0) is 17.9 Å². The predicted molar refractivity (Wildman–Crippen MR) is 87.6 cm³/mol. The smallest absolute Gasteiger partial charge is 0.254 e. The van der Waals surface area contributed by atoms with E-state index in [0.29, 0.717) is 31.0 Å². The molecule has 1 unspecified atom stereocenters. The Balaban J connectivity index is 1.41. The molecule has 1 aliphatic heterocycles. The van der Waals surface area contributed by atoms with Crippen molar-refractivity contribution in [1.82, 2.24) is 25.3 Å². The average Bonchev–Trinajstić information content (AvgIpc) is 3.26. The molecule has 1 amide bonds. The highest BCUT2D eigenvalue weighted by Crippen LogP contribution is 2.24. The van der Waals surface area contributed by atoms with Gasteiger partial charge in [0.15, 0.2) is 0 Å². The van der Waals surface area contributed by atoms with Gasteiger partial charge in [0.25, 0.3) is 5.91 Å². The number of nitrogens with zero attached hydrogens (tertiary/aromatic N) is 4. The summed E-state index contributed by atoms with van der Waals surface area (Å²) in [5.41, 5.74) is 3.15. The first kappa shape index (κ1) is 15.5. The van der Waals surface area contributed by atoms with Gasteiger partial charge < -0.3 is 14.5 Å². The Labute approximate surface area is 143 Å². The van der Waals surface area contributed by atoms with Crippen molar-refractivity contribution in [3.63, 3.8) is 0 Å². The molecule has 0 spiro atoms. The van der Waals surface area contributed by atoms with Crippen LogP contribution in [0, 0.1) is 6.92 Å². The Morgan fingerprint density at radius 1 is 1.44 bits per heavy atom. The number of hydrogen-bond acceptors (Lipinski definition) is 6. The maximum atomic E-state index is 12.1. The normalized spacial score (nSPS) is 16.4. The Morgan fingerprint density at radius 3 is 3.12 bits per heavy atom. The minimum atomic E-state index is -0.171. The summed E-state index contributed by atoms with van der Waals surface area (Å²) in [6.45, 7) is 3.08. The molecule has 0 saturated heterocycles. The number of aromatic nitrogens is 4. The van der Waals surface area contributed by atoms with Crippen molar-refractivity contribution in [3.05, 3.63) is 53.9 Å². The molecule has 25 heavy (non-hydrogen) atoms. The molecule has 128 valence electrons. The Hall–Kier alpha value is -3.00. The monoisotopic (exact) mass is 339 g/mol. The van der Waals surface area contributed by atoms with E-state index in [1.807, 2.05) is 16.8 Å². The first-order chi connectivity index (χ1) is 12.2. The number of nitrogens with one attached hydrogen (secondary N) is 1. The molecule has 1 atom stereocenters. The Kier molecular flexibility index (Phi) is 4.02. The van der Waals surface area contributed by atoms with Gasteiger partial charge in [-0.2, -0.15) is 0 Å². The van der Waals surface area contributed by atoms with E-state index < -0.39 is 0 Å². The maximum absolute atomic E-state index is 12.1. The molecule has 8 heteroatoms. The van der Waals surface area contributed by atoms with Crippen LogP contribution in [-0.4, -0.2) is 38.5 Å². The predicted octanol–water partition coefficient (Wildman–Crippen LogP) is 1.57. The lowest BCUT2D eigenvalue weighted by Crippen LogP contribution is -2.39. The summed E-state index contributed by atoms with van der Waals surface area (Å²) in [6, 6.07) is 5.46.